The lowest BCUT2D eigenvalue weighted by atomic mass is 10.2. The van der Waals surface area contributed by atoms with Gasteiger partial charge < -0.3 is 14.8 Å². The van der Waals surface area contributed by atoms with Gasteiger partial charge in [0.1, 0.15) is 12.1 Å². The molecule has 25 heavy (non-hydrogen) atoms. The van der Waals surface area contributed by atoms with Crippen molar-refractivity contribution in [1.29, 1.82) is 0 Å². The number of carbonyl (C=O) groups excluding carboxylic acids is 1. The van der Waals surface area contributed by atoms with E-state index in [-0.39, 0.29) is 16.5 Å². The number of aromatic nitrogens is 2. The molecular weight excluding hydrogens is 349 g/mol. The second-order valence-electron chi connectivity index (χ2n) is 5.06. The largest absolute Gasteiger partial charge is 0.493 e. The molecule has 0 spiro atoms. The Labute approximate surface area is 147 Å². The van der Waals surface area contributed by atoms with Crippen LogP contribution < -0.4 is 14.8 Å². The minimum atomic E-state index is -0.593. The van der Waals surface area contributed by atoms with Gasteiger partial charge in [-0.2, -0.15) is 0 Å². The van der Waals surface area contributed by atoms with E-state index in [1.165, 1.54) is 32.5 Å². The number of anilines is 2. The molecule has 2 aromatic carbocycles. The molecule has 0 aliphatic carbocycles. The van der Waals surface area contributed by atoms with Gasteiger partial charge in [0.25, 0.3) is 0 Å². The van der Waals surface area contributed by atoms with Crippen molar-refractivity contribution >= 4 is 40.0 Å². The predicted octanol–water partition coefficient (Wildman–Crippen LogP) is 4.10. The fourth-order valence-electron chi connectivity index (χ4n) is 2.29. The minimum Gasteiger partial charge on any atom is -0.493 e. The molecule has 1 aromatic heterocycles. The average molecular weight is 362 g/mol. The Balaban J connectivity index is 2.12. The Morgan fingerprint density at radius 2 is 2.04 bits per heavy atom. The summed E-state index contributed by atoms with van der Waals surface area (Å²) in [4.78, 5) is 19.6. The summed E-state index contributed by atoms with van der Waals surface area (Å²) in [5.74, 6) is -0.190. The molecular formula is C17H13ClFN3O3. The van der Waals surface area contributed by atoms with Gasteiger partial charge in [-0.05, 0) is 18.2 Å². The third-order valence-corrected chi connectivity index (χ3v) is 3.67. The first-order chi connectivity index (χ1) is 12.0. The molecule has 0 aliphatic heterocycles. The van der Waals surface area contributed by atoms with Crippen LogP contribution in [0.3, 0.4) is 0 Å². The molecule has 1 N–H and O–H groups in total. The first kappa shape index (κ1) is 16.9. The number of hydrogen-bond donors (Lipinski definition) is 1. The van der Waals surface area contributed by atoms with Gasteiger partial charge >= 0.3 is 5.97 Å². The fraction of sp³-hybridized carbons (Fsp3) is 0.118. The van der Waals surface area contributed by atoms with Crippen LogP contribution in [0.15, 0.2) is 36.7 Å². The van der Waals surface area contributed by atoms with E-state index in [9.17, 15) is 9.18 Å². The number of rotatable bonds is 4. The monoisotopic (exact) mass is 361 g/mol. The van der Waals surface area contributed by atoms with Crippen LogP contribution in [0.4, 0.5) is 15.9 Å². The molecule has 0 amide bonds. The number of halogens is 2. The Morgan fingerprint density at radius 1 is 1.24 bits per heavy atom. The first-order valence-corrected chi connectivity index (χ1v) is 7.59. The van der Waals surface area contributed by atoms with Crippen LogP contribution in [0.2, 0.25) is 5.02 Å². The fourth-order valence-corrected chi connectivity index (χ4v) is 2.46. The molecule has 0 atom stereocenters. The third kappa shape index (κ3) is 3.46. The minimum absolute atomic E-state index is 0.00867. The van der Waals surface area contributed by atoms with E-state index in [4.69, 9.17) is 21.1 Å². The van der Waals surface area contributed by atoms with Crippen LogP contribution in [-0.4, -0.2) is 23.0 Å². The number of methoxy groups -OCH3 is 1. The van der Waals surface area contributed by atoms with Crippen LogP contribution in [0.25, 0.3) is 10.9 Å². The lowest BCUT2D eigenvalue weighted by molar-refractivity contribution is -0.132. The lowest BCUT2D eigenvalue weighted by Gasteiger charge is -2.13. The van der Waals surface area contributed by atoms with Gasteiger partial charge in [-0.15, -0.1) is 0 Å². The van der Waals surface area contributed by atoms with E-state index in [1.807, 2.05) is 0 Å². The van der Waals surface area contributed by atoms with Crippen molar-refractivity contribution < 1.29 is 18.7 Å². The van der Waals surface area contributed by atoms with Crippen molar-refractivity contribution in [2.24, 2.45) is 0 Å². The number of benzene rings is 2. The molecule has 0 saturated heterocycles. The molecule has 0 unspecified atom stereocenters. The molecule has 6 nitrogen and oxygen atoms in total. The van der Waals surface area contributed by atoms with Crippen molar-refractivity contribution in [2.45, 2.75) is 6.92 Å². The van der Waals surface area contributed by atoms with Crippen LogP contribution >= 0.6 is 11.6 Å². The summed E-state index contributed by atoms with van der Waals surface area (Å²) < 4.78 is 24.5. The van der Waals surface area contributed by atoms with E-state index in [0.717, 1.165) is 0 Å². The van der Waals surface area contributed by atoms with Gasteiger partial charge in [-0.25, -0.2) is 14.4 Å². The Bertz CT molecular complexity index is 965. The number of hydrogen-bond acceptors (Lipinski definition) is 6. The summed E-state index contributed by atoms with van der Waals surface area (Å²) in [5, 5.41) is 3.40. The standard InChI is InChI=1S/C17H13ClFN3O3/c1-9(23)25-15-6-10-13(7-14(15)24-2)20-8-21-17(10)22-12-5-3-4-11(18)16(12)19/h3-8H,1-2H3,(H,20,21,22). The summed E-state index contributed by atoms with van der Waals surface area (Å²) in [6, 6.07) is 7.76. The summed E-state index contributed by atoms with van der Waals surface area (Å²) in [6.45, 7) is 1.28. The molecule has 0 aliphatic rings. The SMILES string of the molecule is COc1cc2ncnc(Nc3cccc(Cl)c3F)c2cc1OC(C)=O. The molecule has 128 valence electrons. The van der Waals surface area contributed by atoms with Gasteiger partial charge in [-0.3, -0.25) is 4.79 Å². The van der Waals surface area contributed by atoms with Gasteiger partial charge in [0.05, 0.1) is 23.3 Å². The predicted molar refractivity (Wildman–Crippen MR) is 92.1 cm³/mol. The molecule has 0 saturated carbocycles. The van der Waals surface area contributed by atoms with Gasteiger partial charge in [0.15, 0.2) is 17.3 Å². The van der Waals surface area contributed by atoms with Gasteiger partial charge in [0.2, 0.25) is 0 Å². The zero-order chi connectivity index (χ0) is 18.0. The van der Waals surface area contributed by atoms with Gasteiger partial charge in [-0.1, -0.05) is 17.7 Å². The number of esters is 1. The molecule has 0 fully saturated rings. The summed E-state index contributed by atoms with van der Waals surface area (Å²) in [5.41, 5.74) is 0.699. The maximum absolute atomic E-state index is 14.1. The smallest absolute Gasteiger partial charge is 0.308 e. The van der Waals surface area contributed by atoms with Gasteiger partial charge in [0, 0.05) is 18.4 Å². The average Bonchev–Trinajstić information content (AvgIpc) is 2.58. The number of nitrogens with one attached hydrogen (secondary N) is 1. The van der Waals surface area contributed by atoms with E-state index < -0.39 is 11.8 Å². The van der Waals surface area contributed by atoms with Crippen LogP contribution in [0.5, 0.6) is 11.5 Å². The second kappa shape index (κ2) is 6.90. The zero-order valence-corrected chi connectivity index (χ0v) is 14.1. The first-order valence-electron chi connectivity index (χ1n) is 7.22. The summed E-state index contributed by atoms with van der Waals surface area (Å²) in [7, 11) is 1.45. The second-order valence-corrected chi connectivity index (χ2v) is 5.47. The van der Waals surface area contributed by atoms with Crippen molar-refractivity contribution in [3.8, 4) is 11.5 Å². The molecule has 0 bridgehead atoms. The maximum Gasteiger partial charge on any atom is 0.308 e. The molecule has 3 aromatic rings. The van der Waals surface area contributed by atoms with Crippen LogP contribution in [-0.2, 0) is 4.79 Å². The molecule has 3 rings (SSSR count). The highest BCUT2D eigenvalue weighted by molar-refractivity contribution is 6.31. The number of carbonyl (C=O) groups is 1. The lowest BCUT2D eigenvalue weighted by Crippen LogP contribution is -2.04. The van der Waals surface area contributed by atoms with E-state index >= 15 is 0 Å². The number of fused-ring (bicyclic) bond motifs is 1. The molecule has 8 heteroatoms. The normalized spacial score (nSPS) is 10.6. The quantitative estimate of drug-likeness (QED) is 0.557. The van der Waals surface area contributed by atoms with Crippen molar-refractivity contribution in [3.63, 3.8) is 0 Å². The van der Waals surface area contributed by atoms with Crippen LogP contribution in [0, 0.1) is 5.82 Å². The molecule has 1 heterocycles. The Hall–Kier alpha value is -2.93. The maximum atomic E-state index is 14.1. The zero-order valence-electron chi connectivity index (χ0n) is 13.3. The highest BCUT2D eigenvalue weighted by Gasteiger charge is 2.14. The summed E-state index contributed by atoms with van der Waals surface area (Å²) >= 11 is 5.80. The topological polar surface area (TPSA) is 73.3 Å². The highest BCUT2D eigenvalue weighted by atomic mass is 35.5. The van der Waals surface area contributed by atoms with Crippen molar-refractivity contribution in [1.82, 2.24) is 9.97 Å². The Kier molecular flexibility index (Phi) is 4.67. The highest BCUT2D eigenvalue weighted by Crippen LogP contribution is 2.35. The molecule has 0 radical (unpaired) electrons. The van der Waals surface area contributed by atoms with E-state index in [2.05, 4.69) is 15.3 Å². The van der Waals surface area contributed by atoms with Crippen LogP contribution in [0.1, 0.15) is 6.92 Å². The van der Waals surface area contributed by atoms with Crippen molar-refractivity contribution in [3.05, 3.63) is 47.5 Å². The Morgan fingerprint density at radius 3 is 2.76 bits per heavy atom. The van der Waals surface area contributed by atoms with Crippen molar-refractivity contribution in [2.75, 3.05) is 12.4 Å². The number of nitrogens with zero attached hydrogens (tertiary/aromatic N) is 2. The summed E-state index contributed by atoms with van der Waals surface area (Å²) in [6.07, 6.45) is 1.33. The van der Waals surface area contributed by atoms with E-state index in [0.29, 0.717) is 22.5 Å². The number of ether oxygens (including phenoxy) is 2. The third-order valence-electron chi connectivity index (χ3n) is 3.38. The van der Waals surface area contributed by atoms with E-state index in [1.54, 1.807) is 18.2 Å².